The van der Waals surface area contributed by atoms with E-state index in [-0.39, 0.29) is 12.8 Å². The Kier molecular flexibility index (Phi) is 3.85. The number of fused-ring (bicyclic) bond motifs is 1. The topological polar surface area (TPSA) is 24.9 Å². The highest BCUT2D eigenvalue weighted by Gasteiger charge is 2.40. The predicted octanol–water partition coefficient (Wildman–Crippen LogP) is 4.30. The first-order chi connectivity index (χ1) is 7.41. The van der Waals surface area contributed by atoms with E-state index in [0.29, 0.717) is 17.9 Å². The van der Waals surface area contributed by atoms with Crippen molar-refractivity contribution in [1.82, 2.24) is 4.98 Å². The van der Waals surface area contributed by atoms with Crippen molar-refractivity contribution in [3.8, 4) is 0 Å². The molecular weight excluding hydrogens is 208 g/mol. The van der Waals surface area contributed by atoms with Crippen LogP contribution in [0.5, 0.6) is 0 Å². The molecule has 1 aliphatic rings. The maximum atomic E-state index is 4.20. The molecule has 0 radical (unpaired) electrons. The predicted molar refractivity (Wildman–Crippen MR) is 75.4 cm³/mol. The van der Waals surface area contributed by atoms with Gasteiger partial charge in [-0.1, -0.05) is 42.0 Å². The zero-order valence-corrected chi connectivity index (χ0v) is 10.9. The summed E-state index contributed by atoms with van der Waals surface area (Å²) in [7, 11) is 0. The number of rotatable bonds is 1. The van der Waals surface area contributed by atoms with Crippen LogP contribution in [0, 0.1) is 11.3 Å². The number of hydrogen-bond acceptors (Lipinski definition) is 2. The highest BCUT2D eigenvalue weighted by atomic mass is 15.0. The number of nitrogens with zero attached hydrogens (tertiary/aromatic N) is 1. The highest BCUT2D eigenvalue weighted by Crippen LogP contribution is 2.47. The van der Waals surface area contributed by atoms with E-state index in [2.05, 4.69) is 51.0 Å². The molecule has 0 aromatic carbocycles. The van der Waals surface area contributed by atoms with Crippen molar-refractivity contribution >= 4 is 5.69 Å². The Balaban J connectivity index is 0.00000144. The lowest BCUT2D eigenvalue weighted by Gasteiger charge is -2.34. The third-order valence-corrected chi connectivity index (χ3v) is 3.52. The monoisotopic (exact) mass is 234 g/mol. The first-order valence-electron chi connectivity index (χ1n) is 6.11. The number of pyridine rings is 1. The number of nitrogens with one attached hydrogen (secondary N) is 1. The molecule has 1 aliphatic heterocycles. The van der Waals surface area contributed by atoms with Gasteiger partial charge in [-0.15, -0.1) is 0 Å². The van der Waals surface area contributed by atoms with E-state index in [1.807, 2.05) is 12.4 Å². The van der Waals surface area contributed by atoms with Crippen LogP contribution in [0.2, 0.25) is 0 Å². The van der Waals surface area contributed by atoms with Crippen LogP contribution in [0.25, 0.3) is 0 Å². The molecule has 2 heterocycles. The summed E-state index contributed by atoms with van der Waals surface area (Å²) < 4.78 is 0. The lowest BCUT2D eigenvalue weighted by Crippen LogP contribution is -2.34. The Morgan fingerprint density at radius 1 is 1.29 bits per heavy atom. The summed E-state index contributed by atoms with van der Waals surface area (Å²) in [6.07, 6.45) is 3.86. The minimum atomic E-state index is 0. The van der Waals surface area contributed by atoms with E-state index < -0.39 is 0 Å². The summed E-state index contributed by atoms with van der Waals surface area (Å²) in [6.45, 7) is 11.5. The molecular formula is C15H26N2. The Labute approximate surface area is 106 Å². The lowest BCUT2D eigenvalue weighted by atomic mass is 9.71. The first kappa shape index (κ1) is 14.0. The second kappa shape index (κ2) is 4.67. The molecule has 2 atom stereocenters. The van der Waals surface area contributed by atoms with E-state index in [1.54, 1.807) is 0 Å². The van der Waals surface area contributed by atoms with Crippen LogP contribution in [0.3, 0.4) is 0 Å². The van der Waals surface area contributed by atoms with Gasteiger partial charge in [0.15, 0.2) is 0 Å². The van der Waals surface area contributed by atoms with E-state index in [9.17, 15) is 0 Å². The molecule has 96 valence electrons. The van der Waals surface area contributed by atoms with Gasteiger partial charge in [0.2, 0.25) is 0 Å². The van der Waals surface area contributed by atoms with E-state index in [1.165, 1.54) is 11.3 Å². The molecule has 1 N–H and O–H groups in total. The Bertz CT molecular complexity index is 377. The van der Waals surface area contributed by atoms with E-state index >= 15 is 0 Å². The number of aromatic nitrogens is 1. The van der Waals surface area contributed by atoms with Gasteiger partial charge in [-0.05, 0) is 23.0 Å². The molecule has 0 saturated heterocycles. The summed E-state index contributed by atoms with van der Waals surface area (Å²) in [5.74, 6) is 1.21. The summed E-state index contributed by atoms with van der Waals surface area (Å²) in [5, 5.41) is 3.63. The third kappa shape index (κ3) is 2.46. The zero-order valence-electron chi connectivity index (χ0n) is 10.9. The summed E-state index contributed by atoms with van der Waals surface area (Å²) in [4.78, 5) is 4.20. The molecule has 0 bridgehead atoms. The van der Waals surface area contributed by atoms with Gasteiger partial charge in [-0.2, -0.15) is 0 Å². The second-order valence-corrected chi connectivity index (χ2v) is 6.22. The lowest BCUT2D eigenvalue weighted by molar-refractivity contribution is 0.270. The fourth-order valence-electron chi connectivity index (χ4n) is 2.81. The average Bonchev–Trinajstić information content (AvgIpc) is 2.55. The van der Waals surface area contributed by atoms with Gasteiger partial charge in [0.25, 0.3) is 0 Å². The van der Waals surface area contributed by atoms with Gasteiger partial charge >= 0.3 is 0 Å². The van der Waals surface area contributed by atoms with Crippen molar-refractivity contribution in [3.05, 3.63) is 24.0 Å². The molecule has 2 heteroatoms. The minimum absolute atomic E-state index is 0. The van der Waals surface area contributed by atoms with Gasteiger partial charge < -0.3 is 5.32 Å². The number of anilines is 1. The Hall–Kier alpha value is -1.05. The van der Waals surface area contributed by atoms with Crippen LogP contribution >= 0.6 is 0 Å². The molecule has 2 unspecified atom stereocenters. The standard InChI is InChI=1S/C14H22N2.CH4/c1-9(2)13-12(14(3,4)5)10-6-7-15-8-11(10)16-13;/h6-9,12-13,16H,1-5H3;1H4. The van der Waals surface area contributed by atoms with Crippen molar-refractivity contribution < 1.29 is 0 Å². The van der Waals surface area contributed by atoms with E-state index in [0.717, 1.165) is 0 Å². The first-order valence-corrected chi connectivity index (χ1v) is 6.11. The van der Waals surface area contributed by atoms with Crippen molar-refractivity contribution in [2.45, 2.75) is 54.0 Å². The normalized spacial score (nSPS) is 22.9. The molecule has 0 fully saturated rings. The minimum Gasteiger partial charge on any atom is -0.380 e. The van der Waals surface area contributed by atoms with Crippen LogP contribution in [-0.4, -0.2) is 11.0 Å². The van der Waals surface area contributed by atoms with Gasteiger partial charge in [0, 0.05) is 18.2 Å². The maximum absolute atomic E-state index is 4.20. The third-order valence-electron chi connectivity index (χ3n) is 3.52. The molecule has 2 rings (SSSR count). The van der Waals surface area contributed by atoms with Gasteiger partial charge in [0.1, 0.15) is 0 Å². The summed E-state index contributed by atoms with van der Waals surface area (Å²) >= 11 is 0. The average molecular weight is 234 g/mol. The van der Waals surface area contributed by atoms with Gasteiger partial charge in [0.05, 0.1) is 11.9 Å². The molecule has 2 nitrogen and oxygen atoms in total. The van der Waals surface area contributed by atoms with Crippen molar-refractivity contribution in [1.29, 1.82) is 0 Å². The smallest absolute Gasteiger partial charge is 0.0565 e. The molecule has 17 heavy (non-hydrogen) atoms. The van der Waals surface area contributed by atoms with Crippen LogP contribution in [0.1, 0.15) is 53.5 Å². The summed E-state index contributed by atoms with van der Waals surface area (Å²) in [5.41, 5.74) is 2.94. The van der Waals surface area contributed by atoms with Crippen molar-refractivity contribution in [3.63, 3.8) is 0 Å². The van der Waals surface area contributed by atoms with Crippen LogP contribution in [-0.2, 0) is 0 Å². The molecule has 0 aliphatic carbocycles. The van der Waals surface area contributed by atoms with Crippen LogP contribution < -0.4 is 5.32 Å². The van der Waals surface area contributed by atoms with Crippen molar-refractivity contribution in [2.24, 2.45) is 11.3 Å². The molecule has 0 amide bonds. The van der Waals surface area contributed by atoms with Gasteiger partial charge in [-0.25, -0.2) is 0 Å². The van der Waals surface area contributed by atoms with Crippen molar-refractivity contribution in [2.75, 3.05) is 5.32 Å². The van der Waals surface area contributed by atoms with Gasteiger partial charge in [-0.3, -0.25) is 4.98 Å². The van der Waals surface area contributed by atoms with Crippen LogP contribution in [0.4, 0.5) is 5.69 Å². The fourth-order valence-corrected chi connectivity index (χ4v) is 2.81. The molecule has 1 aromatic heterocycles. The molecule has 1 aromatic rings. The number of hydrogen-bond donors (Lipinski definition) is 1. The maximum Gasteiger partial charge on any atom is 0.0565 e. The fraction of sp³-hybridized carbons (Fsp3) is 0.667. The van der Waals surface area contributed by atoms with Crippen LogP contribution in [0.15, 0.2) is 18.5 Å². The largest absolute Gasteiger partial charge is 0.380 e. The molecule has 0 spiro atoms. The Morgan fingerprint density at radius 3 is 2.47 bits per heavy atom. The SMILES string of the molecule is C.CC(C)C1Nc2cnccc2C1C(C)(C)C. The summed E-state index contributed by atoms with van der Waals surface area (Å²) in [6, 6.07) is 2.69. The van der Waals surface area contributed by atoms with E-state index in [4.69, 9.17) is 0 Å². The quantitative estimate of drug-likeness (QED) is 0.783. The Morgan fingerprint density at radius 2 is 1.94 bits per heavy atom. The molecule has 0 saturated carbocycles. The highest BCUT2D eigenvalue weighted by molar-refractivity contribution is 5.58. The second-order valence-electron chi connectivity index (χ2n) is 6.22. The zero-order chi connectivity index (χ0) is 11.9.